The van der Waals surface area contributed by atoms with E-state index in [-0.39, 0.29) is 12.6 Å². The van der Waals surface area contributed by atoms with Crippen molar-refractivity contribution in [3.63, 3.8) is 0 Å². The van der Waals surface area contributed by atoms with Gasteiger partial charge in [-0.25, -0.2) is 4.79 Å². The van der Waals surface area contributed by atoms with Crippen molar-refractivity contribution in [2.45, 2.75) is 13.5 Å². The summed E-state index contributed by atoms with van der Waals surface area (Å²) in [5.74, 6) is -0.370. The lowest BCUT2D eigenvalue weighted by Crippen LogP contribution is -2.13. The van der Waals surface area contributed by atoms with Gasteiger partial charge in [-0.1, -0.05) is 0 Å². The van der Waals surface area contributed by atoms with Crippen LogP contribution in [0.4, 0.5) is 5.69 Å². The first-order valence-electron chi connectivity index (χ1n) is 4.80. The maximum absolute atomic E-state index is 11.6. The molecule has 0 bridgehead atoms. The number of hydrogen-bond donors (Lipinski definition) is 1. The number of esters is 1. The Balaban J connectivity index is 2.64. The Morgan fingerprint density at radius 3 is 2.87 bits per heavy atom. The maximum Gasteiger partial charge on any atom is 0.355 e. The molecule has 1 rings (SSSR count). The molecule has 1 aromatic rings. The summed E-state index contributed by atoms with van der Waals surface area (Å²) in [6.45, 7) is 3.27. The van der Waals surface area contributed by atoms with Crippen LogP contribution in [0.15, 0.2) is 12.3 Å². The average molecular weight is 212 g/mol. The van der Waals surface area contributed by atoms with E-state index < -0.39 is 0 Å². The number of anilines is 1. The van der Waals surface area contributed by atoms with E-state index in [1.165, 1.54) is 0 Å². The molecule has 5 heteroatoms. The highest BCUT2D eigenvalue weighted by Crippen LogP contribution is 2.11. The zero-order chi connectivity index (χ0) is 11.3. The van der Waals surface area contributed by atoms with Crippen LogP contribution in [0.3, 0.4) is 0 Å². The summed E-state index contributed by atoms with van der Waals surface area (Å²) < 4.78 is 11.5. The van der Waals surface area contributed by atoms with Crippen LogP contribution in [0.25, 0.3) is 0 Å². The molecule has 0 saturated heterocycles. The smallest absolute Gasteiger partial charge is 0.355 e. The molecule has 0 aromatic carbocycles. The third-order valence-corrected chi connectivity index (χ3v) is 1.99. The quantitative estimate of drug-likeness (QED) is 0.581. The number of ether oxygens (including phenoxy) is 2. The second-order valence-corrected chi connectivity index (χ2v) is 3.07. The summed E-state index contributed by atoms with van der Waals surface area (Å²) in [4.78, 5) is 11.6. The number of aryl methyl sites for hydroxylation is 1. The molecular weight excluding hydrogens is 196 g/mol. The molecule has 84 valence electrons. The van der Waals surface area contributed by atoms with Crippen molar-refractivity contribution >= 4 is 11.7 Å². The zero-order valence-corrected chi connectivity index (χ0v) is 9.03. The lowest BCUT2D eigenvalue weighted by molar-refractivity contribution is 0.0376. The Hall–Kier alpha value is -1.49. The monoisotopic (exact) mass is 212 g/mol. The molecule has 1 heterocycles. The number of carbonyl (C=O) groups excluding carboxylic acids is 1. The number of nitrogens with zero attached hydrogens (tertiary/aromatic N) is 1. The third kappa shape index (κ3) is 2.99. The van der Waals surface area contributed by atoms with Gasteiger partial charge >= 0.3 is 5.97 Å². The highest BCUT2D eigenvalue weighted by atomic mass is 16.6. The molecule has 0 amide bonds. The summed E-state index contributed by atoms with van der Waals surface area (Å²) in [6, 6.07) is 1.61. The summed E-state index contributed by atoms with van der Waals surface area (Å²) in [5, 5.41) is 0. The SMILES string of the molecule is CCn1cc(N)cc1C(=O)OCCOC. The van der Waals surface area contributed by atoms with Gasteiger partial charge in [0.15, 0.2) is 0 Å². The molecule has 0 aliphatic heterocycles. The summed E-state index contributed by atoms with van der Waals surface area (Å²) in [7, 11) is 1.56. The van der Waals surface area contributed by atoms with Crippen molar-refractivity contribution in [1.29, 1.82) is 0 Å². The first-order valence-corrected chi connectivity index (χ1v) is 4.80. The van der Waals surface area contributed by atoms with Crippen molar-refractivity contribution in [2.24, 2.45) is 0 Å². The van der Waals surface area contributed by atoms with Crippen LogP contribution >= 0.6 is 0 Å². The van der Waals surface area contributed by atoms with E-state index in [0.29, 0.717) is 24.5 Å². The maximum atomic E-state index is 11.6. The Morgan fingerprint density at radius 1 is 1.53 bits per heavy atom. The van der Waals surface area contributed by atoms with Gasteiger partial charge in [0.05, 0.1) is 12.3 Å². The second kappa shape index (κ2) is 5.41. The molecule has 1 aromatic heterocycles. The normalized spacial score (nSPS) is 10.3. The van der Waals surface area contributed by atoms with E-state index in [2.05, 4.69) is 0 Å². The molecule has 0 aliphatic rings. The zero-order valence-electron chi connectivity index (χ0n) is 9.03. The van der Waals surface area contributed by atoms with E-state index >= 15 is 0 Å². The predicted octanol–water partition coefficient (Wildman–Crippen LogP) is 0.893. The van der Waals surface area contributed by atoms with Crippen molar-refractivity contribution in [1.82, 2.24) is 4.57 Å². The number of carbonyl (C=O) groups is 1. The van der Waals surface area contributed by atoms with E-state index in [1.54, 1.807) is 23.9 Å². The lowest BCUT2D eigenvalue weighted by Gasteiger charge is -2.06. The summed E-state index contributed by atoms with van der Waals surface area (Å²) in [5.41, 5.74) is 6.64. The lowest BCUT2D eigenvalue weighted by atomic mass is 10.4. The van der Waals surface area contributed by atoms with Crippen molar-refractivity contribution in [2.75, 3.05) is 26.1 Å². The minimum absolute atomic E-state index is 0.254. The van der Waals surface area contributed by atoms with E-state index in [9.17, 15) is 4.79 Å². The topological polar surface area (TPSA) is 66.5 Å². The minimum Gasteiger partial charge on any atom is -0.459 e. The van der Waals surface area contributed by atoms with Gasteiger partial charge in [-0.2, -0.15) is 0 Å². The van der Waals surface area contributed by atoms with Crippen LogP contribution in [0, 0.1) is 0 Å². The van der Waals surface area contributed by atoms with Crippen molar-refractivity contribution in [3.8, 4) is 0 Å². The molecule has 0 aliphatic carbocycles. The minimum atomic E-state index is -0.370. The fourth-order valence-corrected chi connectivity index (χ4v) is 1.26. The second-order valence-electron chi connectivity index (χ2n) is 3.07. The number of hydrogen-bond acceptors (Lipinski definition) is 4. The standard InChI is InChI=1S/C10H16N2O3/c1-3-12-7-8(11)6-9(12)10(13)15-5-4-14-2/h6-7H,3-5,11H2,1-2H3. The van der Waals surface area contributed by atoms with Gasteiger partial charge < -0.3 is 19.8 Å². The molecule has 0 radical (unpaired) electrons. The van der Waals surface area contributed by atoms with Gasteiger partial charge in [0, 0.05) is 19.9 Å². The van der Waals surface area contributed by atoms with Gasteiger partial charge in [0.25, 0.3) is 0 Å². The number of methoxy groups -OCH3 is 1. The van der Waals surface area contributed by atoms with Crippen LogP contribution in [-0.2, 0) is 16.0 Å². The number of rotatable bonds is 5. The highest BCUT2D eigenvalue weighted by molar-refractivity contribution is 5.89. The number of aromatic nitrogens is 1. The van der Waals surface area contributed by atoms with E-state index in [4.69, 9.17) is 15.2 Å². The number of nitrogens with two attached hydrogens (primary N) is 1. The molecule has 0 fully saturated rings. The van der Waals surface area contributed by atoms with Gasteiger partial charge in [-0.05, 0) is 13.0 Å². The molecule has 0 unspecified atom stereocenters. The third-order valence-electron chi connectivity index (χ3n) is 1.99. The highest BCUT2D eigenvalue weighted by Gasteiger charge is 2.12. The van der Waals surface area contributed by atoms with E-state index in [1.807, 2.05) is 6.92 Å². The predicted molar refractivity (Wildman–Crippen MR) is 56.7 cm³/mol. The molecule has 5 nitrogen and oxygen atoms in total. The fourth-order valence-electron chi connectivity index (χ4n) is 1.26. The Kier molecular flexibility index (Phi) is 4.17. The van der Waals surface area contributed by atoms with Crippen LogP contribution in [-0.4, -0.2) is 30.9 Å². The Bertz CT molecular complexity index is 333. The van der Waals surface area contributed by atoms with Gasteiger partial charge in [0.1, 0.15) is 12.3 Å². The fraction of sp³-hybridized carbons (Fsp3) is 0.500. The molecule has 0 saturated carbocycles. The molecule has 2 N–H and O–H groups in total. The molecule has 0 spiro atoms. The largest absolute Gasteiger partial charge is 0.459 e. The average Bonchev–Trinajstić information content (AvgIpc) is 2.60. The van der Waals surface area contributed by atoms with E-state index in [0.717, 1.165) is 0 Å². The summed E-state index contributed by atoms with van der Waals surface area (Å²) in [6.07, 6.45) is 1.72. The first kappa shape index (κ1) is 11.6. The molecule has 15 heavy (non-hydrogen) atoms. The summed E-state index contributed by atoms with van der Waals surface area (Å²) >= 11 is 0. The van der Waals surface area contributed by atoms with Crippen LogP contribution in [0.1, 0.15) is 17.4 Å². The van der Waals surface area contributed by atoms with Gasteiger partial charge in [-0.3, -0.25) is 0 Å². The van der Waals surface area contributed by atoms with Gasteiger partial charge in [-0.15, -0.1) is 0 Å². The van der Waals surface area contributed by atoms with Gasteiger partial charge in [0.2, 0.25) is 0 Å². The van der Waals surface area contributed by atoms with Crippen molar-refractivity contribution < 1.29 is 14.3 Å². The van der Waals surface area contributed by atoms with Crippen molar-refractivity contribution in [3.05, 3.63) is 18.0 Å². The van der Waals surface area contributed by atoms with Crippen LogP contribution in [0.2, 0.25) is 0 Å². The molecular formula is C10H16N2O3. The first-order chi connectivity index (χ1) is 7.19. The Labute approximate surface area is 88.8 Å². The Morgan fingerprint density at radius 2 is 2.27 bits per heavy atom. The van der Waals surface area contributed by atoms with Crippen LogP contribution in [0.5, 0.6) is 0 Å². The number of nitrogen functional groups attached to an aromatic ring is 1. The molecule has 0 atom stereocenters. The van der Waals surface area contributed by atoms with Crippen LogP contribution < -0.4 is 5.73 Å².